The molecule has 1 aromatic heterocycles. The van der Waals surface area contributed by atoms with Gasteiger partial charge in [0, 0.05) is 21.4 Å². The average molecular weight is 511 g/mol. The van der Waals surface area contributed by atoms with Crippen molar-refractivity contribution in [3.05, 3.63) is 87.9 Å². The fourth-order valence-corrected chi connectivity index (χ4v) is 3.52. The first-order valence-corrected chi connectivity index (χ1v) is 10.6. The summed E-state index contributed by atoms with van der Waals surface area (Å²) in [5, 5.41) is 20.7. The topological polar surface area (TPSA) is 107 Å². The van der Waals surface area contributed by atoms with Crippen LogP contribution in [0.5, 0.6) is 5.75 Å². The lowest BCUT2D eigenvalue weighted by atomic mass is 10.2. The van der Waals surface area contributed by atoms with E-state index in [1.807, 2.05) is 60.7 Å². The first-order chi connectivity index (χ1) is 15.6. The number of aromatic hydroxyl groups is 1. The number of para-hydroxylation sites is 2. The smallest absolute Gasteiger partial charge is 0.250 e. The number of anilines is 5. The summed E-state index contributed by atoms with van der Waals surface area (Å²) >= 11 is 9.34. The maximum Gasteiger partial charge on any atom is 0.250 e. The molecule has 0 aliphatic carbocycles. The van der Waals surface area contributed by atoms with Gasteiger partial charge in [-0.3, -0.25) is 0 Å². The molecule has 0 aliphatic heterocycles. The molecule has 0 bridgehead atoms. The van der Waals surface area contributed by atoms with Gasteiger partial charge >= 0.3 is 0 Å². The Hall–Kier alpha value is -3.69. The lowest BCUT2D eigenvalue weighted by molar-refractivity contribution is 0.474. The van der Waals surface area contributed by atoms with Crippen molar-refractivity contribution in [3.63, 3.8) is 0 Å². The maximum absolute atomic E-state index is 10.1. The summed E-state index contributed by atoms with van der Waals surface area (Å²) in [4.78, 5) is 13.2. The highest BCUT2D eigenvalue weighted by atomic mass is 79.9. The van der Waals surface area contributed by atoms with E-state index < -0.39 is 0 Å². The van der Waals surface area contributed by atoms with Gasteiger partial charge in [0.25, 0.3) is 0 Å². The van der Waals surface area contributed by atoms with Crippen LogP contribution in [0, 0.1) is 0 Å². The molecular weight excluding hydrogens is 494 g/mol. The standard InChI is InChI=1S/C22H17BrClN7O/c23-15-11-14(19(32)18(24)12-15)13-25-31-22-29-20(26-16-7-3-1-4-8-16)28-21(30-22)27-17-9-5-2-6-10-17/h1-13,32H,(H3,26,27,28,29,30,31). The Morgan fingerprint density at radius 2 is 1.34 bits per heavy atom. The van der Waals surface area contributed by atoms with Gasteiger partial charge in [0.15, 0.2) is 0 Å². The fourth-order valence-electron chi connectivity index (χ4n) is 2.68. The molecule has 8 nitrogen and oxygen atoms in total. The van der Waals surface area contributed by atoms with Crippen LogP contribution in [0.4, 0.5) is 29.2 Å². The Morgan fingerprint density at radius 1 is 0.812 bits per heavy atom. The lowest BCUT2D eigenvalue weighted by Gasteiger charge is -2.10. The van der Waals surface area contributed by atoms with Crippen LogP contribution in [0.3, 0.4) is 0 Å². The van der Waals surface area contributed by atoms with Crippen LogP contribution >= 0.6 is 27.5 Å². The normalized spacial score (nSPS) is 10.8. The number of benzene rings is 3. The minimum atomic E-state index is -0.0751. The number of hydrogen-bond acceptors (Lipinski definition) is 8. The molecule has 0 saturated heterocycles. The predicted molar refractivity (Wildman–Crippen MR) is 131 cm³/mol. The van der Waals surface area contributed by atoms with E-state index in [0.29, 0.717) is 21.9 Å². The molecule has 0 spiro atoms. The average Bonchev–Trinajstić information content (AvgIpc) is 2.78. The minimum Gasteiger partial charge on any atom is -0.506 e. The zero-order chi connectivity index (χ0) is 22.3. The van der Waals surface area contributed by atoms with Crippen molar-refractivity contribution in [2.24, 2.45) is 5.10 Å². The molecule has 0 aliphatic rings. The van der Waals surface area contributed by atoms with Crippen LogP contribution in [-0.2, 0) is 0 Å². The van der Waals surface area contributed by atoms with E-state index in [2.05, 4.69) is 52.0 Å². The van der Waals surface area contributed by atoms with Crippen molar-refractivity contribution < 1.29 is 5.11 Å². The highest BCUT2D eigenvalue weighted by Gasteiger charge is 2.09. The second kappa shape index (κ2) is 10.1. The molecule has 0 fully saturated rings. The predicted octanol–water partition coefficient (Wildman–Crippen LogP) is 5.93. The van der Waals surface area contributed by atoms with Crippen LogP contribution in [0.15, 0.2) is 82.4 Å². The summed E-state index contributed by atoms with van der Waals surface area (Å²) in [5.41, 5.74) is 4.85. The van der Waals surface area contributed by atoms with Gasteiger partial charge in [-0.2, -0.15) is 20.1 Å². The highest BCUT2D eigenvalue weighted by Crippen LogP contribution is 2.30. The molecule has 3 aromatic carbocycles. The number of nitrogens with zero attached hydrogens (tertiary/aromatic N) is 4. The SMILES string of the molecule is Oc1c(Cl)cc(Br)cc1C=NNc1nc(Nc2ccccc2)nc(Nc2ccccc2)n1. The van der Waals surface area contributed by atoms with E-state index in [4.69, 9.17) is 11.6 Å². The molecule has 4 aromatic rings. The van der Waals surface area contributed by atoms with Crippen molar-refractivity contribution in [2.45, 2.75) is 0 Å². The third kappa shape index (κ3) is 5.71. The van der Waals surface area contributed by atoms with Gasteiger partial charge in [-0.1, -0.05) is 63.9 Å². The van der Waals surface area contributed by atoms with Crippen molar-refractivity contribution in [1.82, 2.24) is 15.0 Å². The van der Waals surface area contributed by atoms with E-state index in [1.165, 1.54) is 6.21 Å². The van der Waals surface area contributed by atoms with Crippen molar-refractivity contribution in [3.8, 4) is 5.75 Å². The van der Waals surface area contributed by atoms with E-state index in [9.17, 15) is 5.11 Å². The van der Waals surface area contributed by atoms with E-state index in [1.54, 1.807) is 12.1 Å². The molecule has 10 heteroatoms. The zero-order valence-corrected chi connectivity index (χ0v) is 18.8. The van der Waals surface area contributed by atoms with E-state index in [-0.39, 0.29) is 16.7 Å². The summed E-state index contributed by atoms with van der Waals surface area (Å²) < 4.78 is 0.714. The summed E-state index contributed by atoms with van der Waals surface area (Å²) in [6.45, 7) is 0. The zero-order valence-electron chi connectivity index (χ0n) is 16.5. The summed E-state index contributed by atoms with van der Waals surface area (Å²) in [6, 6.07) is 22.4. The molecule has 0 amide bonds. The van der Waals surface area contributed by atoms with E-state index >= 15 is 0 Å². The molecule has 4 rings (SSSR count). The molecule has 32 heavy (non-hydrogen) atoms. The van der Waals surface area contributed by atoms with Gasteiger partial charge in [-0.05, 0) is 36.4 Å². The summed E-state index contributed by atoms with van der Waals surface area (Å²) in [6.07, 6.45) is 1.42. The van der Waals surface area contributed by atoms with Gasteiger partial charge in [0.2, 0.25) is 17.8 Å². The third-order valence-electron chi connectivity index (χ3n) is 4.12. The van der Waals surface area contributed by atoms with Crippen LogP contribution in [-0.4, -0.2) is 26.3 Å². The van der Waals surface area contributed by atoms with Gasteiger partial charge in [-0.15, -0.1) is 0 Å². The second-order valence-electron chi connectivity index (χ2n) is 6.48. The summed E-state index contributed by atoms with van der Waals surface area (Å²) in [7, 11) is 0. The number of phenols is 1. The third-order valence-corrected chi connectivity index (χ3v) is 4.87. The highest BCUT2D eigenvalue weighted by molar-refractivity contribution is 9.10. The Bertz CT molecular complexity index is 1180. The largest absolute Gasteiger partial charge is 0.506 e. The van der Waals surface area contributed by atoms with Gasteiger partial charge in [-0.25, -0.2) is 5.43 Å². The van der Waals surface area contributed by atoms with Crippen molar-refractivity contribution in [2.75, 3.05) is 16.1 Å². The van der Waals surface area contributed by atoms with Crippen LogP contribution in [0.25, 0.3) is 0 Å². The minimum absolute atomic E-state index is 0.0751. The Kier molecular flexibility index (Phi) is 6.78. The lowest BCUT2D eigenvalue weighted by Crippen LogP contribution is -2.07. The maximum atomic E-state index is 10.1. The Morgan fingerprint density at radius 3 is 1.91 bits per heavy atom. The first-order valence-electron chi connectivity index (χ1n) is 9.44. The first kappa shape index (κ1) is 21.5. The molecule has 4 N–H and O–H groups in total. The fraction of sp³-hybridized carbons (Fsp3) is 0. The number of hydrogen-bond donors (Lipinski definition) is 4. The molecule has 0 unspecified atom stereocenters. The van der Waals surface area contributed by atoms with Crippen molar-refractivity contribution in [1.29, 1.82) is 0 Å². The van der Waals surface area contributed by atoms with Gasteiger partial charge in [0.05, 0.1) is 11.2 Å². The van der Waals surface area contributed by atoms with Gasteiger partial charge < -0.3 is 15.7 Å². The number of halogens is 2. The summed E-state index contributed by atoms with van der Waals surface area (Å²) in [5.74, 6) is 0.786. The number of phenolic OH excluding ortho intramolecular Hbond substituents is 1. The van der Waals surface area contributed by atoms with Crippen LogP contribution < -0.4 is 16.1 Å². The number of rotatable bonds is 7. The molecular formula is C22H17BrClN7O. The Labute approximate surface area is 197 Å². The Balaban J connectivity index is 1.59. The molecule has 1 heterocycles. The van der Waals surface area contributed by atoms with Crippen LogP contribution in [0.1, 0.15) is 5.56 Å². The molecule has 0 radical (unpaired) electrons. The quantitative estimate of drug-likeness (QED) is 0.180. The van der Waals surface area contributed by atoms with Crippen LogP contribution in [0.2, 0.25) is 5.02 Å². The second-order valence-corrected chi connectivity index (χ2v) is 7.81. The number of nitrogens with one attached hydrogen (secondary N) is 3. The van der Waals surface area contributed by atoms with Crippen molar-refractivity contribution >= 4 is 63.0 Å². The number of hydrazone groups is 1. The molecule has 0 saturated carbocycles. The monoisotopic (exact) mass is 509 g/mol. The van der Waals surface area contributed by atoms with Gasteiger partial charge in [0.1, 0.15) is 5.75 Å². The molecule has 0 atom stereocenters. The van der Waals surface area contributed by atoms with E-state index in [0.717, 1.165) is 11.4 Å². The number of aromatic nitrogens is 3. The molecule has 160 valence electrons.